The first-order valence-corrected chi connectivity index (χ1v) is 8.58. The van der Waals surface area contributed by atoms with Crippen LogP contribution in [-0.4, -0.2) is 17.4 Å². The van der Waals surface area contributed by atoms with E-state index in [2.05, 4.69) is 17.2 Å². The number of hydrogen-bond donors (Lipinski definition) is 2. The summed E-state index contributed by atoms with van der Waals surface area (Å²) in [6.45, 7) is 3.38. The molecule has 114 valence electrons. The maximum Gasteiger partial charge on any atom is 0.270 e. The highest BCUT2D eigenvalue weighted by atomic mass is 32.1. The van der Waals surface area contributed by atoms with Gasteiger partial charge in [-0.15, -0.1) is 11.3 Å². The highest BCUT2D eigenvalue weighted by Crippen LogP contribution is 2.09. The minimum atomic E-state index is -0.0797. The van der Waals surface area contributed by atoms with Crippen molar-refractivity contribution in [3.63, 3.8) is 0 Å². The fourth-order valence-corrected chi connectivity index (χ4v) is 2.71. The Labute approximate surface area is 126 Å². The van der Waals surface area contributed by atoms with E-state index in [1.54, 1.807) is 5.38 Å². The monoisotopic (exact) mass is 297 g/mol. The summed E-state index contributed by atoms with van der Waals surface area (Å²) < 4.78 is 0. The van der Waals surface area contributed by atoms with Gasteiger partial charge in [0.25, 0.3) is 5.91 Å². The molecule has 4 nitrogen and oxygen atoms in total. The summed E-state index contributed by atoms with van der Waals surface area (Å²) in [6, 6.07) is 0. The van der Waals surface area contributed by atoms with Gasteiger partial charge < -0.3 is 11.1 Å². The Morgan fingerprint density at radius 1 is 1.20 bits per heavy atom. The third-order valence-electron chi connectivity index (χ3n) is 3.27. The summed E-state index contributed by atoms with van der Waals surface area (Å²) >= 11 is 1.44. The fourth-order valence-electron chi connectivity index (χ4n) is 2.06. The molecule has 0 saturated heterocycles. The van der Waals surface area contributed by atoms with Crippen LogP contribution in [0.4, 0.5) is 0 Å². The van der Waals surface area contributed by atoms with Gasteiger partial charge in [-0.1, -0.05) is 51.9 Å². The van der Waals surface area contributed by atoms with Gasteiger partial charge in [0.2, 0.25) is 0 Å². The largest absolute Gasteiger partial charge is 0.351 e. The van der Waals surface area contributed by atoms with Crippen LogP contribution in [0.15, 0.2) is 5.38 Å². The molecule has 3 N–H and O–H groups in total. The second kappa shape index (κ2) is 10.8. The number of amides is 1. The lowest BCUT2D eigenvalue weighted by Crippen LogP contribution is -2.24. The molecule has 0 fully saturated rings. The smallest absolute Gasteiger partial charge is 0.270 e. The van der Waals surface area contributed by atoms with Crippen molar-refractivity contribution in [2.75, 3.05) is 6.54 Å². The number of nitrogens with zero attached hydrogens (tertiary/aromatic N) is 1. The van der Waals surface area contributed by atoms with Crippen LogP contribution in [0, 0.1) is 0 Å². The number of unbranched alkanes of at least 4 members (excludes halogenated alkanes) is 7. The Balaban J connectivity index is 1.99. The van der Waals surface area contributed by atoms with Crippen molar-refractivity contribution in [2.45, 2.75) is 64.8 Å². The quantitative estimate of drug-likeness (QED) is 0.614. The predicted octanol–water partition coefficient (Wildman–Crippen LogP) is 3.47. The van der Waals surface area contributed by atoms with Gasteiger partial charge in [-0.25, -0.2) is 4.98 Å². The zero-order valence-corrected chi connectivity index (χ0v) is 13.3. The minimum absolute atomic E-state index is 0.0797. The highest BCUT2D eigenvalue weighted by Gasteiger charge is 2.08. The van der Waals surface area contributed by atoms with Crippen molar-refractivity contribution in [1.82, 2.24) is 10.3 Å². The first kappa shape index (κ1) is 17.1. The molecule has 0 saturated carbocycles. The van der Waals surface area contributed by atoms with Crippen LogP contribution in [0.3, 0.4) is 0 Å². The third-order valence-corrected chi connectivity index (χ3v) is 4.15. The Kier molecular flexibility index (Phi) is 9.24. The summed E-state index contributed by atoms with van der Waals surface area (Å²) in [5.74, 6) is -0.0797. The van der Waals surface area contributed by atoms with Crippen LogP contribution in [0.5, 0.6) is 0 Å². The van der Waals surface area contributed by atoms with Crippen LogP contribution in [0.2, 0.25) is 0 Å². The number of aromatic nitrogens is 1. The van der Waals surface area contributed by atoms with Crippen LogP contribution in [-0.2, 0) is 6.54 Å². The van der Waals surface area contributed by atoms with Crippen molar-refractivity contribution >= 4 is 17.2 Å². The van der Waals surface area contributed by atoms with Crippen LogP contribution >= 0.6 is 11.3 Å². The van der Waals surface area contributed by atoms with E-state index in [1.165, 1.54) is 56.3 Å². The van der Waals surface area contributed by atoms with Crippen molar-refractivity contribution in [3.8, 4) is 0 Å². The van der Waals surface area contributed by atoms with E-state index in [1.807, 2.05) is 0 Å². The molecule has 20 heavy (non-hydrogen) atoms. The molecule has 0 aliphatic carbocycles. The number of nitrogens with two attached hydrogens (primary N) is 1. The van der Waals surface area contributed by atoms with Crippen molar-refractivity contribution < 1.29 is 4.79 Å². The number of rotatable bonds is 11. The summed E-state index contributed by atoms with van der Waals surface area (Å²) in [5, 5.41) is 5.49. The number of hydrogen-bond acceptors (Lipinski definition) is 4. The van der Waals surface area contributed by atoms with Crippen molar-refractivity contribution in [3.05, 3.63) is 16.1 Å². The molecule has 0 aliphatic heterocycles. The highest BCUT2D eigenvalue weighted by molar-refractivity contribution is 7.09. The average Bonchev–Trinajstić information content (AvgIpc) is 2.94. The first-order valence-electron chi connectivity index (χ1n) is 7.70. The van der Waals surface area contributed by atoms with E-state index in [0.717, 1.165) is 18.0 Å². The summed E-state index contributed by atoms with van der Waals surface area (Å²) in [6.07, 6.45) is 10.2. The van der Waals surface area contributed by atoms with Crippen LogP contribution in [0.25, 0.3) is 0 Å². The minimum Gasteiger partial charge on any atom is -0.351 e. The van der Waals surface area contributed by atoms with E-state index in [9.17, 15) is 4.79 Å². The molecule has 1 rings (SSSR count). The van der Waals surface area contributed by atoms with Gasteiger partial charge in [-0.05, 0) is 6.42 Å². The molecule has 0 aliphatic rings. The molecular formula is C15H27N3OS. The van der Waals surface area contributed by atoms with Gasteiger partial charge in [0.15, 0.2) is 0 Å². The summed E-state index contributed by atoms with van der Waals surface area (Å²) in [7, 11) is 0. The molecule has 0 atom stereocenters. The fraction of sp³-hybridized carbons (Fsp3) is 0.733. The standard InChI is InChI=1S/C15H27N3OS/c1-2-3-4-5-6-7-8-9-10-17-15(19)13-12-20-14(11-16)18-13/h12H,2-11,16H2,1H3,(H,17,19). The SMILES string of the molecule is CCCCCCCCCCNC(=O)c1csc(CN)n1. The third kappa shape index (κ3) is 7.01. The molecule has 0 aromatic carbocycles. The van der Waals surface area contributed by atoms with E-state index >= 15 is 0 Å². The van der Waals surface area contributed by atoms with Gasteiger partial charge in [0.05, 0.1) is 0 Å². The molecule has 1 aromatic rings. The van der Waals surface area contributed by atoms with E-state index in [4.69, 9.17) is 5.73 Å². The molecule has 5 heteroatoms. The number of carbonyl (C=O) groups excluding carboxylic acids is 1. The molecule has 1 heterocycles. The lowest BCUT2D eigenvalue weighted by Gasteiger charge is -2.03. The van der Waals surface area contributed by atoms with E-state index in [-0.39, 0.29) is 5.91 Å². The van der Waals surface area contributed by atoms with Gasteiger partial charge in [0, 0.05) is 18.5 Å². The molecule has 0 spiro atoms. The molecule has 0 bridgehead atoms. The first-order chi connectivity index (χ1) is 9.77. The van der Waals surface area contributed by atoms with Gasteiger partial charge in [0.1, 0.15) is 10.7 Å². The van der Waals surface area contributed by atoms with Crippen LogP contribution in [0.1, 0.15) is 73.8 Å². The predicted molar refractivity (Wildman–Crippen MR) is 84.9 cm³/mol. The topological polar surface area (TPSA) is 68.0 Å². The van der Waals surface area contributed by atoms with Crippen LogP contribution < -0.4 is 11.1 Å². The number of thiazole rings is 1. The Hall–Kier alpha value is -0.940. The maximum absolute atomic E-state index is 11.8. The molecule has 0 radical (unpaired) electrons. The van der Waals surface area contributed by atoms with Crippen molar-refractivity contribution in [2.24, 2.45) is 5.73 Å². The second-order valence-electron chi connectivity index (χ2n) is 5.06. The lowest BCUT2D eigenvalue weighted by molar-refractivity contribution is 0.0948. The van der Waals surface area contributed by atoms with Gasteiger partial charge in [-0.3, -0.25) is 4.79 Å². The molecule has 0 unspecified atom stereocenters. The molecule has 1 aromatic heterocycles. The Bertz CT molecular complexity index is 379. The normalized spacial score (nSPS) is 10.7. The molecule has 1 amide bonds. The number of nitrogens with one attached hydrogen (secondary N) is 1. The maximum atomic E-state index is 11.8. The lowest BCUT2D eigenvalue weighted by atomic mass is 10.1. The second-order valence-corrected chi connectivity index (χ2v) is 6.00. The Morgan fingerprint density at radius 2 is 1.85 bits per heavy atom. The summed E-state index contributed by atoms with van der Waals surface area (Å²) in [5.41, 5.74) is 5.97. The number of carbonyl (C=O) groups is 1. The van der Waals surface area contributed by atoms with E-state index in [0.29, 0.717) is 12.2 Å². The average molecular weight is 297 g/mol. The zero-order valence-electron chi connectivity index (χ0n) is 12.5. The van der Waals surface area contributed by atoms with E-state index < -0.39 is 0 Å². The zero-order chi connectivity index (χ0) is 14.6. The molecular weight excluding hydrogens is 270 g/mol. The Morgan fingerprint density at radius 3 is 2.45 bits per heavy atom. The summed E-state index contributed by atoms with van der Waals surface area (Å²) in [4.78, 5) is 15.9. The van der Waals surface area contributed by atoms with Gasteiger partial charge in [-0.2, -0.15) is 0 Å². The van der Waals surface area contributed by atoms with Gasteiger partial charge >= 0.3 is 0 Å². The van der Waals surface area contributed by atoms with Crippen molar-refractivity contribution in [1.29, 1.82) is 0 Å².